The summed E-state index contributed by atoms with van der Waals surface area (Å²) in [6.45, 7) is 5.04. The minimum atomic E-state index is 0.786. The molecule has 1 saturated heterocycles. The normalized spacial score (nSPS) is 14.7. The molecule has 0 amide bonds. The van der Waals surface area contributed by atoms with Gasteiger partial charge in [0.2, 0.25) is 5.95 Å². The van der Waals surface area contributed by atoms with E-state index in [0.717, 1.165) is 60.8 Å². The standard InChI is InChI=1S/C20H25N5S/c1-2-7-15-12-17-18(14-21-15)23-20(25-9-4-3-5-10-25)24-19(17)22-13-16-8-6-11-26-16/h6,8,11-12,14H,2-5,7,9-10,13H2,1H3,(H,22,23,24). The van der Waals surface area contributed by atoms with Crippen molar-refractivity contribution in [2.75, 3.05) is 23.3 Å². The summed E-state index contributed by atoms with van der Waals surface area (Å²) < 4.78 is 0. The number of nitrogens with zero attached hydrogens (tertiary/aromatic N) is 4. The smallest absolute Gasteiger partial charge is 0.227 e. The molecule has 0 bridgehead atoms. The van der Waals surface area contributed by atoms with Gasteiger partial charge in [-0.15, -0.1) is 11.3 Å². The Balaban J connectivity index is 1.71. The van der Waals surface area contributed by atoms with Crippen LogP contribution in [0, 0.1) is 0 Å². The molecule has 4 heterocycles. The van der Waals surface area contributed by atoms with Crippen LogP contribution in [-0.4, -0.2) is 28.0 Å². The van der Waals surface area contributed by atoms with Gasteiger partial charge in [-0.05, 0) is 43.2 Å². The number of anilines is 2. The van der Waals surface area contributed by atoms with Gasteiger partial charge in [0, 0.05) is 29.0 Å². The SMILES string of the molecule is CCCc1cc2c(NCc3cccs3)nc(N3CCCCC3)nc2cn1. The van der Waals surface area contributed by atoms with Gasteiger partial charge in [-0.1, -0.05) is 19.4 Å². The molecule has 1 aliphatic rings. The van der Waals surface area contributed by atoms with Crippen LogP contribution in [0.15, 0.2) is 29.8 Å². The highest BCUT2D eigenvalue weighted by molar-refractivity contribution is 7.09. The fourth-order valence-electron chi connectivity index (χ4n) is 3.41. The van der Waals surface area contributed by atoms with E-state index in [0.29, 0.717) is 0 Å². The van der Waals surface area contributed by atoms with E-state index in [2.05, 4.69) is 45.7 Å². The zero-order valence-electron chi connectivity index (χ0n) is 15.2. The van der Waals surface area contributed by atoms with Crippen LogP contribution in [0.4, 0.5) is 11.8 Å². The molecule has 0 aliphatic carbocycles. The Morgan fingerprint density at radius 1 is 1.19 bits per heavy atom. The van der Waals surface area contributed by atoms with Crippen LogP contribution in [-0.2, 0) is 13.0 Å². The Labute approximate surface area is 158 Å². The van der Waals surface area contributed by atoms with Crippen LogP contribution >= 0.6 is 11.3 Å². The zero-order chi connectivity index (χ0) is 17.8. The molecular weight excluding hydrogens is 342 g/mol. The lowest BCUT2D eigenvalue weighted by Gasteiger charge is -2.27. The van der Waals surface area contributed by atoms with E-state index in [4.69, 9.17) is 9.97 Å². The predicted molar refractivity (Wildman–Crippen MR) is 109 cm³/mol. The molecule has 26 heavy (non-hydrogen) atoms. The van der Waals surface area contributed by atoms with Crippen LogP contribution in [0.3, 0.4) is 0 Å². The summed E-state index contributed by atoms with van der Waals surface area (Å²) in [7, 11) is 0. The third-order valence-corrected chi connectivity index (χ3v) is 5.66. The number of piperidine rings is 1. The quantitative estimate of drug-likeness (QED) is 0.688. The first-order valence-electron chi connectivity index (χ1n) is 9.51. The second-order valence-corrected chi connectivity index (χ2v) is 7.83. The molecule has 0 atom stereocenters. The van der Waals surface area contributed by atoms with Crippen LogP contribution < -0.4 is 10.2 Å². The second-order valence-electron chi connectivity index (χ2n) is 6.80. The number of aryl methyl sites for hydroxylation is 1. The lowest BCUT2D eigenvalue weighted by molar-refractivity contribution is 0.569. The minimum absolute atomic E-state index is 0.786. The van der Waals surface area contributed by atoms with Crippen molar-refractivity contribution in [3.63, 3.8) is 0 Å². The van der Waals surface area contributed by atoms with Crippen LogP contribution in [0.25, 0.3) is 10.9 Å². The van der Waals surface area contributed by atoms with Crippen LogP contribution in [0.1, 0.15) is 43.2 Å². The van der Waals surface area contributed by atoms with Gasteiger partial charge in [0.05, 0.1) is 18.3 Å². The molecule has 0 saturated carbocycles. The Morgan fingerprint density at radius 2 is 2.08 bits per heavy atom. The highest BCUT2D eigenvalue weighted by atomic mass is 32.1. The van der Waals surface area contributed by atoms with Crippen molar-refractivity contribution in [1.29, 1.82) is 0 Å². The van der Waals surface area contributed by atoms with Gasteiger partial charge in [0.1, 0.15) is 5.82 Å². The van der Waals surface area contributed by atoms with E-state index in [9.17, 15) is 0 Å². The molecular formula is C20H25N5S. The summed E-state index contributed by atoms with van der Waals surface area (Å²) in [5.41, 5.74) is 2.03. The number of rotatable bonds is 6. The molecule has 0 unspecified atom stereocenters. The van der Waals surface area contributed by atoms with Crippen molar-refractivity contribution < 1.29 is 0 Å². The third-order valence-electron chi connectivity index (χ3n) is 4.78. The number of pyridine rings is 1. The highest BCUT2D eigenvalue weighted by Crippen LogP contribution is 2.26. The van der Waals surface area contributed by atoms with Crippen molar-refractivity contribution in [2.45, 2.75) is 45.6 Å². The summed E-state index contributed by atoms with van der Waals surface area (Å²) >= 11 is 1.76. The maximum absolute atomic E-state index is 4.91. The van der Waals surface area contributed by atoms with E-state index in [1.54, 1.807) is 11.3 Å². The van der Waals surface area contributed by atoms with Crippen molar-refractivity contribution in [3.8, 4) is 0 Å². The highest BCUT2D eigenvalue weighted by Gasteiger charge is 2.17. The Kier molecular flexibility index (Phi) is 5.29. The molecule has 0 aromatic carbocycles. The Bertz CT molecular complexity index is 856. The van der Waals surface area contributed by atoms with Crippen LogP contribution in [0.2, 0.25) is 0 Å². The van der Waals surface area contributed by atoms with Crippen molar-refractivity contribution in [1.82, 2.24) is 15.0 Å². The summed E-state index contributed by atoms with van der Waals surface area (Å²) in [5.74, 6) is 1.75. The molecule has 5 nitrogen and oxygen atoms in total. The lowest BCUT2D eigenvalue weighted by atomic mass is 10.1. The average Bonchev–Trinajstić information content (AvgIpc) is 3.20. The number of nitrogens with one attached hydrogen (secondary N) is 1. The molecule has 0 spiro atoms. The maximum atomic E-state index is 4.91. The summed E-state index contributed by atoms with van der Waals surface area (Å²) in [5, 5.41) is 6.72. The summed E-state index contributed by atoms with van der Waals surface area (Å²) in [4.78, 5) is 17.9. The summed E-state index contributed by atoms with van der Waals surface area (Å²) in [6, 6.07) is 6.38. The topological polar surface area (TPSA) is 53.9 Å². The Hall–Kier alpha value is -2.21. The van der Waals surface area contributed by atoms with Crippen molar-refractivity contribution in [2.24, 2.45) is 0 Å². The number of hydrogen-bond acceptors (Lipinski definition) is 6. The van der Waals surface area contributed by atoms with E-state index in [-0.39, 0.29) is 0 Å². The second kappa shape index (κ2) is 7.99. The van der Waals surface area contributed by atoms with Gasteiger partial charge in [0.15, 0.2) is 0 Å². The first-order valence-corrected chi connectivity index (χ1v) is 10.4. The Morgan fingerprint density at radius 3 is 2.85 bits per heavy atom. The number of hydrogen-bond donors (Lipinski definition) is 1. The molecule has 6 heteroatoms. The van der Waals surface area contributed by atoms with E-state index in [1.807, 2.05) is 6.20 Å². The van der Waals surface area contributed by atoms with Crippen LogP contribution in [0.5, 0.6) is 0 Å². The van der Waals surface area contributed by atoms with Gasteiger partial charge < -0.3 is 10.2 Å². The van der Waals surface area contributed by atoms with Gasteiger partial charge in [-0.2, -0.15) is 4.98 Å². The van der Waals surface area contributed by atoms with E-state index in [1.165, 1.54) is 24.1 Å². The number of thiophene rings is 1. The third kappa shape index (κ3) is 3.80. The molecule has 1 N–H and O–H groups in total. The molecule has 1 fully saturated rings. The van der Waals surface area contributed by atoms with Crippen molar-refractivity contribution in [3.05, 3.63) is 40.3 Å². The minimum Gasteiger partial charge on any atom is -0.364 e. The number of fused-ring (bicyclic) bond motifs is 1. The first kappa shape index (κ1) is 17.2. The van der Waals surface area contributed by atoms with E-state index >= 15 is 0 Å². The average molecular weight is 368 g/mol. The molecule has 136 valence electrons. The molecule has 1 aliphatic heterocycles. The predicted octanol–water partition coefficient (Wildman–Crippen LogP) is 4.64. The molecule has 3 aromatic rings. The largest absolute Gasteiger partial charge is 0.364 e. The maximum Gasteiger partial charge on any atom is 0.227 e. The van der Waals surface area contributed by atoms with Gasteiger partial charge in [-0.3, -0.25) is 4.98 Å². The fraction of sp³-hybridized carbons (Fsp3) is 0.450. The lowest BCUT2D eigenvalue weighted by Crippen LogP contribution is -2.31. The molecule has 3 aromatic heterocycles. The van der Waals surface area contributed by atoms with Gasteiger partial charge >= 0.3 is 0 Å². The zero-order valence-corrected chi connectivity index (χ0v) is 16.1. The molecule has 0 radical (unpaired) electrons. The monoisotopic (exact) mass is 367 g/mol. The number of aromatic nitrogens is 3. The van der Waals surface area contributed by atoms with Gasteiger partial charge in [0.25, 0.3) is 0 Å². The summed E-state index contributed by atoms with van der Waals surface area (Å²) in [6.07, 6.45) is 7.71. The van der Waals surface area contributed by atoms with Gasteiger partial charge in [-0.25, -0.2) is 4.98 Å². The fourth-order valence-corrected chi connectivity index (χ4v) is 4.05. The van der Waals surface area contributed by atoms with Crippen molar-refractivity contribution >= 4 is 34.0 Å². The first-order chi connectivity index (χ1) is 12.8. The van der Waals surface area contributed by atoms with E-state index < -0.39 is 0 Å². The molecule has 4 rings (SSSR count).